The topological polar surface area (TPSA) is 47.6 Å². The molecule has 2 aromatic rings. The van der Waals surface area contributed by atoms with Crippen LogP contribution >= 0.6 is 15.9 Å². The van der Waals surface area contributed by atoms with Gasteiger partial charge in [-0.1, -0.05) is 39.0 Å². The SMILES string of the molecule is CC(C)(C)[C@H]1CC[C@H](Oc2ccc3cc([C@]4(C)COC(=O)N4)ccc3c2Br)CC1. The second-order valence-electron chi connectivity index (χ2n) is 9.80. The summed E-state index contributed by atoms with van der Waals surface area (Å²) in [6.45, 7) is 9.36. The Morgan fingerprint density at radius 2 is 1.86 bits per heavy atom. The summed E-state index contributed by atoms with van der Waals surface area (Å²) < 4.78 is 12.5. The molecule has 0 unspecified atom stereocenters. The number of ether oxygens (including phenoxy) is 2. The van der Waals surface area contributed by atoms with Gasteiger partial charge in [-0.25, -0.2) is 4.79 Å². The van der Waals surface area contributed by atoms with Gasteiger partial charge in [0.15, 0.2) is 0 Å². The average molecular weight is 460 g/mol. The van der Waals surface area contributed by atoms with E-state index in [4.69, 9.17) is 9.47 Å². The van der Waals surface area contributed by atoms with Crippen molar-refractivity contribution in [3.05, 3.63) is 40.4 Å². The zero-order valence-electron chi connectivity index (χ0n) is 17.7. The van der Waals surface area contributed by atoms with Gasteiger partial charge in [0.1, 0.15) is 12.4 Å². The van der Waals surface area contributed by atoms with Crippen LogP contribution in [-0.4, -0.2) is 18.8 Å². The minimum absolute atomic E-state index is 0.284. The van der Waals surface area contributed by atoms with Gasteiger partial charge in [0, 0.05) is 0 Å². The van der Waals surface area contributed by atoms with E-state index in [0.717, 1.165) is 45.3 Å². The summed E-state index contributed by atoms with van der Waals surface area (Å²) >= 11 is 3.76. The number of rotatable bonds is 3. The molecule has 1 heterocycles. The number of carbonyl (C=O) groups excluding carboxylic acids is 1. The molecule has 0 bridgehead atoms. The molecule has 2 fully saturated rings. The number of benzene rings is 2. The zero-order valence-corrected chi connectivity index (χ0v) is 19.3. The summed E-state index contributed by atoms with van der Waals surface area (Å²) in [6, 6.07) is 10.4. The molecule has 1 aliphatic carbocycles. The molecule has 1 saturated heterocycles. The lowest BCUT2D eigenvalue weighted by molar-refractivity contribution is 0.0878. The van der Waals surface area contributed by atoms with Crippen molar-refractivity contribution in [2.45, 2.75) is 65.0 Å². The Bertz CT molecular complexity index is 928. The molecule has 0 spiro atoms. The number of amides is 1. The van der Waals surface area contributed by atoms with Crippen LogP contribution in [0, 0.1) is 11.3 Å². The molecule has 2 aliphatic rings. The molecule has 4 nitrogen and oxygen atoms in total. The maximum Gasteiger partial charge on any atom is 0.408 e. The molecule has 1 saturated carbocycles. The smallest absolute Gasteiger partial charge is 0.408 e. The number of alkyl carbamates (subject to hydrolysis) is 1. The van der Waals surface area contributed by atoms with Crippen LogP contribution in [0.4, 0.5) is 4.79 Å². The molecule has 156 valence electrons. The van der Waals surface area contributed by atoms with Crippen LogP contribution in [0.1, 0.15) is 58.9 Å². The average Bonchev–Trinajstić information content (AvgIpc) is 3.03. The summed E-state index contributed by atoms with van der Waals surface area (Å²) in [5.74, 6) is 1.69. The number of fused-ring (bicyclic) bond motifs is 1. The first-order chi connectivity index (χ1) is 13.7. The lowest BCUT2D eigenvalue weighted by Crippen LogP contribution is -2.37. The third-order valence-corrected chi connectivity index (χ3v) is 7.44. The molecule has 1 atom stereocenters. The maximum absolute atomic E-state index is 11.5. The van der Waals surface area contributed by atoms with Gasteiger partial charge in [0.05, 0.1) is 16.1 Å². The minimum Gasteiger partial charge on any atom is -0.489 e. The Hall–Kier alpha value is -1.75. The van der Waals surface area contributed by atoms with Gasteiger partial charge in [-0.3, -0.25) is 0 Å². The third kappa shape index (κ3) is 4.11. The number of carbonyl (C=O) groups is 1. The number of hydrogen-bond acceptors (Lipinski definition) is 3. The van der Waals surface area contributed by atoms with Crippen molar-refractivity contribution in [1.82, 2.24) is 5.32 Å². The summed E-state index contributed by atoms with van der Waals surface area (Å²) in [5.41, 5.74) is 0.933. The molecule has 0 radical (unpaired) electrons. The van der Waals surface area contributed by atoms with E-state index in [-0.39, 0.29) is 12.2 Å². The van der Waals surface area contributed by atoms with E-state index in [1.807, 2.05) is 6.92 Å². The summed E-state index contributed by atoms with van der Waals surface area (Å²) in [5, 5.41) is 5.13. The first-order valence-electron chi connectivity index (χ1n) is 10.5. The predicted octanol–water partition coefficient (Wildman–Crippen LogP) is 6.54. The number of halogens is 1. The van der Waals surface area contributed by atoms with E-state index < -0.39 is 5.54 Å². The van der Waals surface area contributed by atoms with Crippen molar-refractivity contribution in [2.75, 3.05) is 6.61 Å². The number of hydrogen-bond donors (Lipinski definition) is 1. The van der Waals surface area contributed by atoms with Gasteiger partial charge < -0.3 is 14.8 Å². The Labute approximate surface area is 181 Å². The van der Waals surface area contributed by atoms with Gasteiger partial charge in [-0.05, 0) is 88.3 Å². The van der Waals surface area contributed by atoms with Crippen LogP contribution in [-0.2, 0) is 10.3 Å². The fourth-order valence-corrected chi connectivity index (χ4v) is 5.18. The van der Waals surface area contributed by atoms with Gasteiger partial charge in [-0.15, -0.1) is 0 Å². The van der Waals surface area contributed by atoms with E-state index >= 15 is 0 Å². The highest BCUT2D eigenvalue weighted by Crippen LogP contribution is 2.41. The summed E-state index contributed by atoms with van der Waals surface area (Å²) in [4.78, 5) is 11.5. The van der Waals surface area contributed by atoms with Crippen LogP contribution in [0.2, 0.25) is 0 Å². The standard InChI is InChI=1S/C24H30BrNO3/c1-23(2,3)16-6-9-18(10-7-16)29-20-12-5-15-13-17(8-11-19(15)21(20)25)24(4)14-28-22(27)26-24/h5,8,11-13,16,18H,6-7,9-10,14H2,1-4H3,(H,26,27)/t16-,18-,24-/m0/s1. The largest absolute Gasteiger partial charge is 0.489 e. The van der Waals surface area contributed by atoms with Crippen LogP contribution in [0.3, 0.4) is 0 Å². The quantitative estimate of drug-likeness (QED) is 0.566. The van der Waals surface area contributed by atoms with Crippen LogP contribution in [0.25, 0.3) is 10.8 Å². The third-order valence-electron chi connectivity index (χ3n) is 6.62. The minimum atomic E-state index is -0.487. The van der Waals surface area contributed by atoms with E-state index in [9.17, 15) is 4.79 Å². The van der Waals surface area contributed by atoms with E-state index in [1.54, 1.807) is 0 Å². The Kier molecular flexibility index (Phi) is 5.30. The number of cyclic esters (lactones) is 1. The van der Waals surface area contributed by atoms with Crippen molar-refractivity contribution in [2.24, 2.45) is 11.3 Å². The first kappa shape index (κ1) is 20.5. The molecule has 4 rings (SSSR count). The fourth-order valence-electron chi connectivity index (χ4n) is 4.60. The highest BCUT2D eigenvalue weighted by Gasteiger charge is 2.36. The molecule has 1 aliphatic heterocycles. The van der Waals surface area contributed by atoms with E-state index in [0.29, 0.717) is 12.0 Å². The van der Waals surface area contributed by atoms with Crippen molar-refractivity contribution in [3.8, 4) is 5.75 Å². The van der Waals surface area contributed by atoms with Crippen molar-refractivity contribution < 1.29 is 14.3 Å². The second kappa shape index (κ2) is 7.50. The Morgan fingerprint density at radius 3 is 2.48 bits per heavy atom. The predicted molar refractivity (Wildman–Crippen MR) is 119 cm³/mol. The Balaban J connectivity index is 1.51. The lowest BCUT2D eigenvalue weighted by atomic mass is 9.72. The fraction of sp³-hybridized carbons (Fsp3) is 0.542. The zero-order chi connectivity index (χ0) is 20.8. The molecule has 1 amide bonds. The highest BCUT2D eigenvalue weighted by molar-refractivity contribution is 9.10. The van der Waals surface area contributed by atoms with E-state index in [1.165, 1.54) is 12.8 Å². The van der Waals surface area contributed by atoms with Crippen molar-refractivity contribution in [3.63, 3.8) is 0 Å². The van der Waals surface area contributed by atoms with Crippen molar-refractivity contribution >= 4 is 32.8 Å². The molecule has 2 aromatic carbocycles. The van der Waals surface area contributed by atoms with Gasteiger partial charge >= 0.3 is 6.09 Å². The van der Waals surface area contributed by atoms with Gasteiger partial charge in [0.25, 0.3) is 0 Å². The molecule has 5 heteroatoms. The summed E-state index contributed by atoms with van der Waals surface area (Å²) in [6.07, 6.45) is 4.61. The molecule has 0 aromatic heterocycles. The molecule has 29 heavy (non-hydrogen) atoms. The molecular weight excluding hydrogens is 430 g/mol. The van der Waals surface area contributed by atoms with Gasteiger partial charge in [0.2, 0.25) is 0 Å². The summed E-state index contributed by atoms with van der Waals surface area (Å²) in [7, 11) is 0. The first-order valence-corrected chi connectivity index (χ1v) is 11.3. The molecule has 1 N–H and O–H groups in total. The number of nitrogens with one attached hydrogen (secondary N) is 1. The maximum atomic E-state index is 11.5. The van der Waals surface area contributed by atoms with Crippen LogP contribution in [0.15, 0.2) is 34.8 Å². The van der Waals surface area contributed by atoms with E-state index in [2.05, 4.69) is 72.3 Å². The van der Waals surface area contributed by atoms with Crippen LogP contribution in [0.5, 0.6) is 5.75 Å². The normalized spacial score (nSPS) is 27.6. The highest BCUT2D eigenvalue weighted by atomic mass is 79.9. The van der Waals surface area contributed by atoms with Crippen LogP contribution < -0.4 is 10.1 Å². The Morgan fingerprint density at radius 1 is 1.14 bits per heavy atom. The lowest BCUT2D eigenvalue weighted by Gasteiger charge is -2.37. The van der Waals surface area contributed by atoms with Gasteiger partial charge in [-0.2, -0.15) is 0 Å². The molecular formula is C24H30BrNO3. The second-order valence-corrected chi connectivity index (χ2v) is 10.6. The van der Waals surface area contributed by atoms with Crippen molar-refractivity contribution in [1.29, 1.82) is 0 Å². The monoisotopic (exact) mass is 459 g/mol.